The summed E-state index contributed by atoms with van der Waals surface area (Å²) >= 11 is 1.71. The maximum atomic E-state index is 5.54. The highest BCUT2D eigenvalue weighted by atomic mass is 32.1. The van der Waals surface area contributed by atoms with Crippen molar-refractivity contribution in [1.29, 1.82) is 0 Å². The number of hydrogen-bond donors (Lipinski definition) is 1. The van der Waals surface area contributed by atoms with E-state index < -0.39 is 0 Å². The molecule has 0 bridgehead atoms. The van der Waals surface area contributed by atoms with Gasteiger partial charge in [-0.25, -0.2) is 4.98 Å². The van der Waals surface area contributed by atoms with Crippen LogP contribution < -0.4 is 5.73 Å². The molecule has 0 saturated heterocycles. The molecule has 2 aromatic heterocycles. The van der Waals surface area contributed by atoms with Gasteiger partial charge in [-0.15, -0.1) is 11.3 Å². The smallest absolute Gasteiger partial charge is 0.127 e. The van der Waals surface area contributed by atoms with Crippen molar-refractivity contribution in [1.82, 2.24) is 14.8 Å². The average molecular weight is 222 g/mol. The Bertz CT molecular complexity index is 458. The molecule has 0 radical (unpaired) electrons. The van der Waals surface area contributed by atoms with E-state index in [1.165, 1.54) is 4.88 Å². The second-order valence-corrected chi connectivity index (χ2v) is 4.55. The Morgan fingerprint density at radius 2 is 2.33 bits per heavy atom. The molecule has 80 valence electrons. The molecule has 2 N–H and O–H groups in total. The summed E-state index contributed by atoms with van der Waals surface area (Å²) in [5.41, 5.74) is 7.71. The molecule has 0 unspecified atom stereocenters. The molecule has 2 heterocycles. The van der Waals surface area contributed by atoms with Crippen LogP contribution in [0.1, 0.15) is 10.6 Å². The summed E-state index contributed by atoms with van der Waals surface area (Å²) in [6.07, 6.45) is 4.72. The second kappa shape index (κ2) is 4.12. The molecular weight excluding hydrogens is 208 g/mol. The highest BCUT2D eigenvalue weighted by Gasteiger charge is 2.09. The minimum absolute atomic E-state index is 0.676. The van der Waals surface area contributed by atoms with Crippen LogP contribution in [0, 0.1) is 6.92 Å². The van der Waals surface area contributed by atoms with Gasteiger partial charge in [-0.05, 0) is 19.9 Å². The van der Waals surface area contributed by atoms with Crippen molar-refractivity contribution in [2.24, 2.45) is 12.8 Å². The normalized spacial score (nSPS) is 10.9. The van der Waals surface area contributed by atoms with Crippen LogP contribution in [0.4, 0.5) is 0 Å². The maximum absolute atomic E-state index is 5.54. The molecule has 0 fully saturated rings. The highest BCUT2D eigenvalue weighted by molar-refractivity contribution is 7.15. The Hall–Kier alpha value is -1.20. The molecule has 5 heteroatoms. The highest BCUT2D eigenvalue weighted by Crippen LogP contribution is 2.27. The Morgan fingerprint density at radius 3 is 2.93 bits per heavy atom. The number of nitrogens with zero attached hydrogens (tertiary/aromatic N) is 3. The van der Waals surface area contributed by atoms with Crippen LogP contribution in [0.5, 0.6) is 0 Å². The summed E-state index contributed by atoms with van der Waals surface area (Å²) in [4.78, 5) is 5.80. The van der Waals surface area contributed by atoms with E-state index >= 15 is 0 Å². The lowest BCUT2D eigenvalue weighted by molar-refractivity contribution is 0.768. The van der Waals surface area contributed by atoms with Gasteiger partial charge in [-0.2, -0.15) is 5.10 Å². The third kappa shape index (κ3) is 2.08. The van der Waals surface area contributed by atoms with Crippen LogP contribution in [0.15, 0.2) is 12.4 Å². The lowest BCUT2D eigenvalue weighted by atomic mass is 10.3. The molecule has 0 aromatic carbocycles. The van der Waals surface area contributed by atoms with E-state index in [9.17, 15) is 0 Å². The van der Waals surface area contributed by atoms with Crippen molar-refractivity contribution in [3.63, 3.8) is 0 Å². The van der Waals surface area contributed by atoms with Gasteiger partial charge in [-0.1, -0.05) is 0 Å². The molecule has 4 nitrogen and oxygen atoms in total. The van der Waals surface area contributed by atoms with Crippen molar-refractivity contribution in [2.75, 3.05) is 6.54 Å². The number of thiazole rings is 1. The molecule has 0 aliphatic rings. The van der Waals surface area contributed by atoms with Crippen molar-refractivity contribution < 1.29 is 0 Å². The molecule has 0 spiro atoms. The van der Waals surface area contributed by atoms with Gasteiger partial charge in [0.25, 0.3) is 0 Å². The van der Waals surface area contributed by atoms with Crippen LogP contribution in [0.3, 0.4) is 0 Å². The summed E-state index contributed by atoms with van der Waals surface area (Å²) in [5, 5.41) is 5.17. The van der Waals surface area contributed by atoms with Crippen molar-refractivity contribution in [3.05, 3.63) is 23.0 Å². The van der Waals surface area contributed by atoms with E-state index in [-0.39, 0.29) is 0 Å². The van der Waals surface area contributed by atoms with Gasteiger partial charge in [0.15, 0.2) is 0 Å². The summed E-state index contributed by atoms with van der Waals surface area (Å²) in [6.45, 7) is 2.71. The van der Waals surface area contributed by atoms with E-state index in [0.717, 1.165) is 22.7 Å². The number of aromatic nitrogens is 3. The molecule has 0 aliphatic carbocycles. The molecule has 0 aliphatic heterocycles. The molecular formula is C10H14N4S. The third-order valence-electron chi connectivity index (χ3n) is 2.22. The zero-order valence-corrected chi connectivity index (χ0v) is 9.71. The Kier molecular flexibility index (Phi) is 2.83. The van der Waals surface area contributed by atoms with E-state index in [1.54, 1.807) is 16.0 Å². The molecule has 2 rings (SSSR count). The first-order chi connectivity index (χ1) is 7.20. The number of rotatable bonds is 3. The lowest BCUT2D eigenvalue weighted by Crippen LogP contribution is -2.01. The number of nitrogens with two attached hydrogens (primary N) is 1. The van der Waals surface area contributed by atoms with Crippen molar-refractivity contribution >= 4 is 11.3 Å². The first kappa shape index (κ1) is 10.3. The van der Waals surface area contributed by atoms with E-state index in [2.05, 4.69) is 10.1 Å². The van der Waals surface area contributed by atoms with Crippen LogP contribution in [-0.4, -0.2) is 21.3 Å². The molecule has 15 heavy (non-hydrogen) atoms. The van der Waals surface area contributed by atoms with Gasteiger partial charge in [0.2, 0.25) is 0 Å². The summed E-state index contributed by atoms with van der Waals surface area (Å²) in [6, 6.07) is 0. The van der Waals surface area contributed by atoms with E-state index in [1.807, 2.05) is 26.4 Å². The summed E-state index contributed by atoms with van der Waals surface area (Å²) < 4.78 is 1.79. The first-order valence-corrected chi connectivity index (χ1v) is 5.67. The maximum Gasteiger partial charge on any atom is 0.127 e. The Labute approximate surface area is 92.8 Å². The molecule has 0 atom stereocenters. The van der Waals surface area contributed by atoms with E-state index in [4.69, 9.17) is 5.73 Å². The topological polar surface area (TPSA) is 56.7 Å². The zero-order chi connectivity index (χ0) is 10.8. The predicted molar refractivity (Wildman–Crippen MR) is 61.8 cm³/mol. The minimum atomic E-state index is 0.676. The van der Waals surface area contributed by atoms with Crippen molar-refractivity contribution in [3.8, 4) is 10.6 Å². The average Bonchev–Trinajstić information content (AvgIpc) is 2.75. The molecule has 0 saturated carbocycles. The Morgan fingerprint density at radius 1 is 1.53 bits per heavy atom. The summed E-state index contributed by atoms with van der Waals surface area (Å²) in [7, 11) is 1.91. The lowest BCUT2D eigenvalue weighted by Gasteiger charge is -1.90. The van der Waals surface area contributed by atoms with E-state index in [0.29, 0.717) is 6.54 Å². The monoisotopic (exact) mass is 222 g/mol. The van der Waals surface area contributed by atoms with Crippen LogP contribution >= 0.6 is 11.3 Å². The predicted octanol–water partition coefficient (Wildman–Crippen LogP) is 1.35. The van der Waals surface area contributed by atoms with Gasteiger partial charge in [0, 0.05) is 23.7 Å². The van der Waals surface area contributed by atoms with Crippen LogP contribution in [0.25, 0.3) is 10.6 Å². The second-order valence-electron chi connectivity index (χ2n) is 3.47. The van der Waals surface area contributed by atoms with Crippen LogP contribution in [0.2, 0.25) is 0 Å². The van der Waals surface area contributed by atoms with Gasteiger partial charge in [0.1, 0.15) is 5.01 Å². The molecule has 2 aromatic rings. The fraction of sp³-hybridized carbons (Fsp3) is 0.400. The quantitative estimate of drug-likeness (QED) is 0.853. The van der Waals surface area contributed by atoms with Gasteiger partial charge in [0.05, 0.1) is 11.9 Å². The number of aryl methyl sites for hydroxylation is 2. The third-order valence-corrected chi connectivity index (χ3v) is 3.48. The standard InChI is InChI=1S/C10H14N4S/c1-7-9(3-4-11)15-10(13-7)8-5-12-14(2)6-8/h5-6H,3-4,11H2,1-2H3. The van der Waals surface area contributed by atoms with Crippen molar-refractivity contribution in [2.45, 2.75) is 13.3 Å². The summed E-state index contributed by atoms with van der Waals surface area (Å²) in [5.74, 6) is 0. The minimum Gasteiger partial charge on any atom is -0.330 e. The fourth-order valence-electron chi connectivity index (χ4n) is 1.45. The van der Waals surface area contributed by atoms with Gasteiger partial charge in [-0.3, -0.25) is 4.68 Å². The van der Waals surface area contributed by atoms with Gasteiger partial charge < -0.3 is 5.73 Å². The van der Waals surface area contributed by atoms with Gasteiger partial charge >= 0.3 is 0 Å². The molecule has 0 amide bonds. The fourth-order valence-corrected chi connectivity index (χ4v) is 2.50. The Balaban J connectivity index is 2.33. The SMILES string of the molecule is Cc1nc(-c2cnn(C)c2)sc1CCN. The zero-order valence-electron chi connectivity index (χ0n) is 8.90. The first-order valence-electron chi connectivity index (χ1n) is 4.86. The largest absolute Gasteiger partial charge is 0.330 e. The number of hydrogen-bond acceptors (Lipinski definition) is 4. The van der Waals surface area contributed by atoms with Crippen LogP contribution in [-0.2, 0) is 13.5 Å².